The standard InChI is InChI=1S/C31H36F5N3O2/c1-20-17-30(32,33)15-9-12-23(28(40)27-29(41-21(2)39-27)22-10-5-3-6-11-22)16-24(20)18-37-26-14-8-4-7-13-25(19-38-26)31(34,35)36/h3,5-6,10-11,13-14,19-20,23-24,37H,4,7-9,12,15-18H2,1-2H3/b25-13-,26-14-,38-19-. The molecular weight excluding hydrogens is 541 g/mol. The minimum atomic E-state index is -4.51. The van der Waals surface area contributed by atoms with Gasteiger partial charge in [-0.1, -0.05) is 43.3 Å². The van der Waals surface area contributed by atoms with E-state index in [9.17, 15) is 26.7 Å². The van der Waals surface area contributed by atoms with Gasteiger partial charge in [0, 0.05) is 44.0 Å². The normalized spacial score (nSPS) is 27.3. The Kier molecular flexibility index (Phi) is 9.81. The Morgan fingerprint density at radius 2 is 1.85 bits per heavy atom. The number of Topliss-reactive ketones (excluding diaryl/α,β-unsaturated/α-hetero) is 1. The molecule has 1 aliphatic heterocycles. The number of oxazole rings is 1. The molecule has 0 saturated heterocycles. The zero-order valence-electron chi connectivity index (χ0n) is 23.3. The van der Waals surface area contributed by atoms with Gasteiger partial charge in [-0.15, -0.1) is 0 Å². The number of nitrogens with zero attached hydrogens (tertiary/aromatic N) is 2. The van der Waals surface area contributed by atoms with Crippen LogP contribution in [0.2, 0.25) is 0 Å². The van der Waals surface area contributed by atoms with Crippen LogP contribution in [0.5, 0.6) is 0 Å². The molecule has 3 atom stereocenters. The largest absolute Gasteiger partial charge is 0.440 e. The predicted octanol–water partition coefficient (Wildman–Crippen LogP) is 8.48. The quantitative estimate of drug-likeness (QED) is 0.276. The highest BCUT2D eigenvalue weighted by molar-refractivity contribution is 6.00. The van der Waals surface area contributed by atoms with E-state index < -0.39 is 29.5 Å². The molecule has 4 rings (SSSR count). The summed E-state index contributed by atoms with van der Waals surface area (Å²) in [4.78, 5) is 22.3. The maximum Gasteiger partial charge on any atom is 0.417 e. The predicted molar refractivity (Wildman–Crippen MR) is 148 cm³/mol. The van der Waals surface area contributed by atoms with Crippen LogP contribution in [0, 0.1) is 24.7 Å². The van der Waals surface area contributed by atoms with E-state index in [1.807, 2.05) is 30.3 Å². The molecule has 3 unspecified atom stereocenters. The minimum Gasteiger partial charge on any atom is -0.440 e. The Labute approximate surface area is 237 Å². The number of allylic oxidation sites excluding steroid dienone is 3. The van der Waals surface area contributed by atoms with Crippen molar-refractivity contribution < 1.29 is 31.2 Å². The monoisotopic (exact) mass is 577 g/mol. The lowest BCUT2D eigenvalue weighted by Crippen LogP contribution is -2.32. The molecule has 0 amide bonds. The van der Waals surface area contributed by atoms with Crippen LogP contribution >= 0.6 is 0 Å². The lowest BCUT2D eigenvalue weighted by molar-refractivity contribution is -0.0858. The van der Waals surface area contributed by atoms with E-state index in [1.165, 1.54) is 0 Å². The molecule has 1 aromatic carbocycles. The van der Waals surface area contributed by atoms with Crippen LogP contribution in [0.3, 0.4) is 0 Å². The Balaban J connectivity index is 1.57. The van der Waals surface area contributed by atoms with Crippen LogP contribution in [-0.4, -0.2) is 35.6 Å². The minimum absolute atomic E-state index is 0.190. The second-order valence-electron chi connectivity index (χ2n) is 11.1. The molecule has 1 fully saturated rings. The molecule has 2 heterocycles. The summed E-state index contributed by atoms with van der Waals surface area (Å²) in [5.41, 5.74) is 0.0827. The number of hydrogen-bond donors (Lipinski definition) is 1. The molecule has 222 valence electrons. The molecule has 1 N–H and O–H groups in total. The van der Waals surface area contributed by atoms with Crippen LogP contribution in [0.15, 0.2) is 63.3 Å². The molecule has 2 aromatic rings. The summed E-state index contributed by atoms with van der Waals surface area (Å²) < 4.78 is 75.4. The third-order valence-electron chi connectivity index (χ3n) is 7.81. The molecule has 0 spiro atoms. The molecule has 0 radical (unpaired) electrons. The zero-order chi connectivity index (χ0) is 29.6. The fraction of sp³-hybridized carbons (Fsp3) is 0.516. The molecule has 1 saturated carbocycles. The van der Waals surface area contributed by atoms with E-state index >= 15 is 0 Å². The third kappa shape index (κ3) is 8.36. The number of rotatable bonds is 6. The van der Waals surface area contributed by atoms with Crippen LogP contribution in [0.1, 0.15) is 74.7 Å². The molecule has 41 heavy (non-hydrogen) atoms. The third-order valence-corrected chi connectivity index (χ3v) is 7.81. The number of aryl methyl sites for hydroxylation is 1. The zero-order valence-corrected chi connectivity index (χ0v) is 23.3. The maximum absolute atomic E-state index is 14.8. The number of nitrogens with one attached hydrogen (secondary N) is 1. The molecule has 5 nitrogen and oxygen atoms in total. The van der Waals surface area contributed by atoms with Crippen molar-refractivity contribution in [2.24, 2.45) is 22.7 Å². The Morgan fingerprint density at radius 3 is 2.59 bits per heavy atom. The van der Waals surface area contributed by atoms with Gasteiger partial charge in [0.1, 0.15) is 5.82 Å². The van der Waals surface area contributed by atoms with Crippen molar-refractivity contribution in [1.82, 2.24) is 10.3 Å². The average molecular weight is 578 g/mol. The summed E-state index contributed by atoms with van der Waals surface area (Å²) >= 11 is 0. The SMILES string of the molecule is Cc1nc(C(=O)C2CCCC(F)(F)CC(C)C(CNC3=C/CCC/C=C(C(F)(F)F)/C=N\3)C2)c(-c2ccccc2)o1. The number of alkyl halides is 5. The van der Waals surface area contributed by atoms with Crippen LogP contribution in [0.4, 0.5) is 22.0 Å². The average Bonchev–Trinajstić information content (AvgIpc) is 3.36. The summed E-state index contributed by atoms with van der Waals surface area (Å²) in [7, 11) is 0. The number of benzene rings is 1. The van der Waals surface area contributed by atoms with Crippen LogP contribution < -0.4 is 5.32 Å². The number of ketones is 1. The van der Waals surface area contributed by atoms with Gasteiger partial charge in [0.2, 0.25) is 5.92 Å². The number of carbonyl (C=O) groups excluding carboxylic acids is 1. The highest BCUT2D eigenvalue weighted by Gasteiger charge is 2.39. The summed E-state index contributed by atoms with van der Waals surface area (Å²) in [6.07, 6.45) is 0.620. The van der Waals surface area contributed by atoms with Gasteiger partial charge in [-0.3, -0.25) is 4.79 Å². The lowest BCUT2D eigenvalue weighted by Gasteiger charge is -2.28. The summed E-state index contributed by atoms with van der Waals surface area (Å²) in [5.74, 6) is -3.54. The lowest BCUT2D eigenvalue weighted by atomic mass is 9.80. The van der Waals surface area contributed by atoms with Crippen molar-refractivity contribution in [1.29, 1.82) is 0 Å². The van der Waals surface area contributed by atoms with Crippen molar-refractivity contribution in [3.05, 3.63) is 65.5 Å². The molecule has 1 aromatic heterocycles. The van der Waals surface area contributed by atoms with E-state index in [1.54, 1.807) is 19.9 Å². The highest BCUT2D eigenvalue weighted by Crippen LogP contribution is 2.39. The summed E-state index contributed by atoms with van der Waals surface area (Å²) in [5, 5.41) is 3.10. The first-order valence-corrected chi connectivity index (χ1v) is 14.1. The van der Waals surface area contributed by atoms with Crippen molar-refractivity contribution in [2.45, 2.75) is 77.3 Å². The molecule has 0 bridgehead atoms. The first kappa shape index (κ1) is 30.7. The highest BCUT2D eigenvalue weighted by atomic mass is 19.4. The van der Waals surface area contributed by atoms with E-state index in [4.69, 9.17) is 4.42 Å². The second kappa shape index (κ2) is 13.1. The van der Waals surface area contributed by atoms with E-state index in [0.29, 0.717) is 36.5 Å². The summed E-state index contributed by atoms with van der Waals surface area (Å²) in [6, 6.07) is 9.15. The molecule has 1 aliphatic carbocycles. The van der Waals surface area contributed by atoms with Crippen LogP contribution in [0.25, 0.3) is 11.3 Å². The van der Waals surface area contributed by atoms with Crippen molar-refractivity contribution in [2.75, 3.05) is 6.54 Å². The smallest absolute Gasteiger partial charge is 0.417 e. The first-order valence-electron chi connectivity index (χ1n) is 14.1. The van der Waals surface area contributed by atoms with E-state index in [0.717, 1.165) is 12.3 Å². The number of aliphatic imine (C=N–C) groups is 1. The van der Waals surface area contributed by atoms with Gasteiger partial charge in [-0.2, -0.15) is 13.2 Å². The van der Waals surface area contributed by atoms with Gasteiger partial charge in [0.25, 0.3) is 0 Å². The topological polar surface area (TPSA) is 67.5 Å². The Hall–Kier alpha value is -3.30. The molecular formula is C31H36F5N3O2. The number of halogens is 5. The van der Waals surface area contributed by atoms with Gasteiger partial charge in [-0.05, 0) is 56.4 Å². The first-order chi connectivity index (χ1) is 19.4. The van der Waals surface area contributed by atoms with E-state index in [-0.39, 0.29) is 61.9 Å². The van der Waals surface area contributed by atoms with E-state index in [2.05, 4.69) is 15.3 Å². The molecule has 10 heteroatoms. The second-order valence-corrected chi connectivity index (χ2v) is 11.1. The Bertz CT molecular complexity index is 1280. The molecule has 2 aliphatic rings. The number of carbonyl (C=O) groups is 1. The van der Waals surface area contributed by atoms with Crippen molar-refractivity contribution in [3.63, 3.8) is 0 Å². The number of aromatic nitrogens is 1. The van der Waals surface area contributed by atoms with Gasteiger partial charge in [0.15, 0.2) is 23.1 Å². The van der Waals surface area contributed by atoms with Gasteiger partial charge in [0.05, 0.1) is 5.57 Å². The Morgan fingerprint density at radius 1 is 1.12 bits per heavy atom. The van der Waals surface area contributed by atoms with Crippen LogP contribution in [-0.2, 0) is 0 Å². The number of hydrogen-bond acceptors (Lipinski definition) is 5. The maximum atomic E-state index is 14.8. The van der Waals surface area contributed by atoms with Gasteiger partial charge >= 0.3 is 6.18 Å². The fourth-order valence-electron chi connectivity index (χ4n) is 5.56. The van der Waals surface area contributed by atoms with Crippen molar-refractivity contribution in [3.8, 4) is 11.3 Å². The fourth-order valence-corrected chi connectivity index (χ4v) is 5.56. The summed E-state index contributed by atoms with van der Waals surface area (Å²) in [6.45, 7) is 3.60. The van der Waals surface area contributed by atoms with Gasteiger partial charge < -0.3 is 9.73 Å². The van der Waals surface area contributed by atoms with Crippen molar-refractivity contribution >= 4 is 12.0 Å². The van der Waals surface area contributed by atoms with Gasteiger partial charge in [-0.25, -0.2) is 18.8 Å².